The second kappa shape index (κ2) is 8.38. The zero-order valence-corrected chi connectivity index (χ0v) is 15.1. The maximum Gasteiger partial charge on any atom is 0.226 e. The molecule has 0 unspecified atom stereocenters. The minimum atomic E-state index is -0.0858. The zero-order chi connectivity index (χ0) is 18.4. The Morgan fingerprint density at radius 2 is 1.92 bits per heavy atom. The quantitative estimate of drug-likeness (QED) is 0.668. The van der Waals surface area contributed by atoms with Gasteiger partial charge in [-0.05, 0) is 38.1 Å². The van der Waals surface area contributed by atoms with E-state index in [1.54, 1.807) is 12.4 Å². The van der Waals surface area contributed by atoms with Gasteiger partial charge in [-0.2, -0.15) is 0 Å². The molecule has 3 rings (SSSR count). The smallest absolute Gasteiger partial charge is 0.226 e. The first-order valence-corrected chi connectivity index (χ1v) is 8.80. The number of aromatic nitrogens is 2. The summed E-state index contributed by atoms with van der Waals surface area (Å²) in [5, 5.41) is 2.93. The molecule has 136 valence electrons. The highest BCUT2D eigenvalue weighted by Crippen LogP contribution is 2.29. The molecular weight excluding hydrogens is 330 g/mol. The van der Waals surface area contributed by atoms with E-state index in [1.165, 1.54) is 0 Å². The lowest BCUT2D eigenvalue weighted by Gasteiger charge is -2.13. The third-order valence-electron chi connectivity index (χ3n) is 3.94. The van der Waals surface area contributed by atoms with E-state index in [4.69, 9.17) is 9.47 Å². The molecule has 0 aliphatic rings. The van der Waals surface area contributed by atoms with Crippen LogP contribution in [0.1, 0.15) is 20.3 Å². The molecule has 1 aromatic heterocycles. The number of benzene rings is 2. The number of imidazole rings is 1. The van der Waals surface area contributed by atoms with Crippen molar-refractivity contribution >= 4 is 22.6 Å². The molecule has 1 heterocycles. The molecule has 1 amide bonds. The van der Waals surface area contributed by atoms with Crippen molar-refractivity contribution in [2.75, 3.05) is 18.5 Å². The Morgan fingerprint density at radius 3 is 2.73 bits per heavy atom. The summed E-state index contributed by atoms with van der Waals surface area (Å²) in [7, 11) is 0. The number of amides is 1. The minimum absolute atomic E-state index is 0.0858. The number of ether oxygens (including phenoxy) is 2. The highest BCUT2D eigenvalue weighted by molar-refractivity contribution is 5.92. The molecule has 0 spiro atoms. The molecule has 3 aromatic rings. The monoisotopic (exact) mass is 353 g/mol. The van der Waals surface area contributed by atoms with Gasteiger partial charge >= 0.3 is 0 Å². The summed E-state index contributed by atoms with van der Waals surface area (Å²) >= 11 is 0. The zero-order valence-electron chi connectivity index (χ0n) is 15.1. The van der Waals surface area contributed by atoms with Gasteiger partial charge in [0.25, 0.3) is 0 Å². The molecule has 0 aliphatic carbocycles. The average Bonchev–Trinajstić information content (AvgIpc) is 3.06. The van der Waals surface area contributed by atoms with Crippen molar-refractivity contribution in [2.45, 2.75) is 26.8 Å². The number of carbonyl (C=O) groups is 1. The number of hydrogen-bond acceptors (Lipinski definition) is 4. The van der Waals surface area contributed by atoms with Gasteiger partial charge in [0, 0.05) is 19.0 Å². The van der Waals surface area contributed by atoms with E-state index in [2.05, 4.69) is 10.3 Å². The third-order valence-corrected chi connectivity index (χ3v) is 3.94. The number of carbonyl (C=O) groups excluding carboxylic acids is 1. The lowest BCUT2D eigenvalue weighted by molar-refractivity contribution is -0.116. The van der Waals surface area contributed by atoms with Crippen molar-refractivity contribution < 1.29 is 14.3 Å². The second-order valence-corrected chi connectivity index (χ2v) is 5.75. The number of anilines is 1. The Kier molecular flexibility index (Phi) is 5.73. The number of aryl methyl sites for hydroxylation is 1. The summed E-state index contributed by atoms with van der Waals surface area (Å²) in [5.41, 5.74) is 2.57. The van der Waals surface area contributed by atoms with Crippen LogP contribution in [0.3, 0.4) is 0 Å². The van der Waals surface area contributed by atoms with E-state index in [0.29, 0.717) is 43.4 Å². The fourth-order valence-corrected chi connectivity index (χ4v) is 2.77. The van der Waals surface area contributed by atoms with Gasteiger partial charge in [-0.15, -0.1) is 0 Å². The van der Waals surface area contributed by atoms with Crippen LogP contribution in [0.5, 0.6) is 11.5 Å². The Hall–Kier alpha value is -3.02. The molecule has 1 N–H and O–H groups in total. The topological polar surface area (TPSA) is 65.4 Å². The predicted octanol–water partition coefficient (Wildman–Crippen LogP) is 3.86. The molecule has 2 aromatic carbocycles. The molecule has 0 radical (unpaired) electrons. The summed E-state index contributed by atoms with van der Waals surface area (Å²) in [6.45, 7) is 5.48. The first kappa shape index (κ1) is 17.8. The van der Waals surface area contributed by atoms with Gasteiger partial charge < -0.3 is 19.4 Å². The first-order valence-electron chi connectivity index (χ1n) is 8.80. The van der Waals surface area contributed by atoms with Gasteiger partial charge in [-0.1, -0.05) is 12.1 Å². The van der Waals surface area contributed by atoms with Gasteiger partial charge in [0.1, 0.15) is 11.5 Å². The highest BCUT2D eigenvalue weighted by Gasteiger charge is 2.11. The Morgan fingerprint density at radius 1 is 1.12 bits per heavy atom. The number of fused-ring (bicyclic) bond motifs is 1. The van der Waals surface area contributed by atoms with Crippen LogP contribution in [-0.2, 0) is 11.3 Å². The molecule has 6 nitrogen and oxygen atoms in total. The predicted molar refractivity (Wildman–Crippen MR) is 102 cm³/mol. The first-order chi connectivity index (χ1) is 12.7. The lowest BCUT2D eigenvalue weighted by Crippen LogP contribution is -2.15. The standard InChI is InChI=1S/C20H23N3O3/c1-3-25-15-9-10-19(26-4-2)17(13-15)22-20(24)11-12-23-14-21-16-7-5-6-8-18(16)23/h5-10,13-14H,3-4,11-12H2,1-2H3,(H,22,24). The number of rotatable bonds is 8. The largest absolute Gasteiger partial charge is 0.494 e. The highest BCUT2D eigenvalue weighted by atomic mass is 16.5. The van der Waals surface area contributed by atoms with Crippen LogP contribution in [0.4, 0.5) is 5.69 Å². The maximum absolute atomic E-state index is 12.4. The van der Waals surface area contributed by atoms with E-state index in [-0.39, 0.29) is 5.91 Å². The molecule has 0 aliphatic heterocycles. The summed E-state index contributed by atoms with van der Waals surface area (Å²) in [6, 6.07) is 13.3. The average molecular weight is 353 g/mol. The number of para-hydroxylation sites is 2. The SMILES string of the molecule is CCOc1ccc(OCC)c(NC(=O)CCn2cnc3ccccc32)c1. The summed E-state index contributed by atoms with van der Waals surface area (Å²) in [5.74, 6) is 1.25. The van der Waals surface area contributed by atoms with Gasteiger partial charge in [0.15, 0.2) is 0 Å². The Balaban J connectivity index is 1.68. The summed E-state index contributed by atoms with van der Waals surface area (Å²) < 4.78 is 13.1. The molecule has 0 saturated heterocycles. The van der Waals surface area contributed by atoms with Gasteiger partial charge in [-0.3, -0.25) is 4.79 Å². The van der Waals surface area contributed by atoms with Crippen LogP contribution in [0.15, 0.2) is 48.8 Å². The Labute approximate surface area is 152 Å². The molecule has 0 atom stereocenters. The molecule has 0 fully saturated rings. The van der Waals surface area contributed by atoms with Crippen molar-refractivity contribution in [1.82, 2.24) is 9.55 Å². The lowest BCUT2D eigenvalue weighted by atomic mass is 10.2. The van der Waals surface area contributed by atoms with Crippen molar-refractivity contribution in [1.29, 1.82) is 0 Å². The van der Waals surface area contributed by atoms with E-state index < -0.39 is 0 Å². The molecule has 0 bridgehead atoms. The Bertz CT molecular complexity index is 889. The molecular formula is C20H23N3O3. The minimum Gasteiger partial charge on any atom is -0.494 e. The van der Waals surface area contributed by atoms with E-state index in [0.717, 1.165) is 11.0 Å². The van der Waals surface area contributed by atoms with Crippen molar-refractivity contribution in [2.24, 2.45) is 0 Å². The maximum atomic E-state index is 12.4. The van der Waals surface area contributed by atoms with Gasteiger partial charge in [0.05, 0.1) is 36.3 Å². The van der Waals surface area contributed by atoms with Crippen LogP contribution in [0.2, 0.25) is 0 Å². The normalized spacial score (nSPS) is 10.7. The molecule has 26 heavy (non-hydrogen) atoms. The van der Waals surface area contributed by atoms with E-state index in [1.807, 2.05) is 54.8 Å². The summed E-state index contributed by atoms with van der Waals surface area (Å²) in [6.07, 6.45) is 2.10. The van der Waals surface area contributed by atoms with Gasteiger partial charge in [0.2, 0.25) is 5.91 Å². The summed E-state index contributed by atoms with van der Waals surface area (Å²) in [4.78, 5) is 16.8. The van der Waals surface area contributed by atoms with Crippen molar-refractivity contribution in [3.05, 3.63) is 48.8 Å². The van der Waals surface area contributed by atoms with Crippen LogP contribution < -0.4 is 14.8 Å². The second-order valence-electron chi connectivity index (χ2n) is 5.75. The number of hydrogen-bond donors (Lipinski definition) is 1. The fourth-order valence-electron chi connectivity index (χ4n) is 2.77. The molecule has 6 heteroatoms. The van der Waals surface area contributed by atoms with Crippen molar-refractivity contribution in [3.63, 3.8) is 0 Å². The van der Waals surface area contributed by atoms with Crippen molar-refractivity contribution in [3.8, 4) is 11.5 Å². The third kappa shape index (κ3) is 4.14. The van der Waals surface area contributed by atoms with E-state index in [9.17, 15) is 4.79 Å². The van der Waals surface area contributed by atoms with Crippen LogP contribution in [0.25, 0.3) is 11.0 Å². The number of nitrogens with one attached hydrogen (secondary N) is 1. The van der Waals surface area contributed by atoms with Crippen LogP contribution in [0, 0.1) is 0 Å². The molecule has 0 saturated carbocycles. The van der Waals surface area contributed by atoms with Crippen LogP contribution in [-0.4, -0.2) is 28.7 Å². The van der Waals surface area contributed by atoms with E-state index >= 15 is 0 Å². The van der Waals surface area contributed by atoms with Crippen LogP contribution >= 0.6 is 0 Å². The number of nitrogens with zero attached hydrogens (tertiary/aromatic N) is 2. The van der Waals surface area contributed by atoms with Gasteiger partial charge in [-0.25, -0.2) is 4.98 Å². The fraction of sp³-hybridized carbons (Fsp3) is 0.300.